The van der Waals surface area contributed by atoms with Crippen molar-refractivity contribution in [3.63, 3.8) is 0 Å². The quantitative estimate of drug-likeness (QED) is 0.776. The number of piperazine rings is 1. The van der Waals surface area contributed by atoms with Crippen molar-refractivity contribution in [3.05, 3.63) is 30.1 Å². The number of para-hydroxylation sites is 1. The van der Waals surface area contributed by atoms with E-state index in [1.54, 1.807) is 18.2 Å². The van der Waals surface area contributed by atoms with Crippen molar-refractivity contribution in [1.82, 2.24) is 9.80 Å². The maximum absolute atomic E-state index is 13.4. The summed E-state index contributed by atoms with van der Waals surface area (Å²) in [5, 5.41) is 0. The highest BCUT2D eigenvalue weighted by Crippen LogP contribution is 2.25. The summed E-state index contributed by atoms with van der Waals surface area (Å²) in [6.45, 7) is 3.94. The maximum Gasteiger partial charge on any atom is 0.403 e. The van der Waals surface area contributed by atoms with Gasteiger partial charge in [-0.3, -0.25) is 9.80 Å². The zero-order valence-corrected chi connectivity index (χ0v) is 12.4. The molecule has 1 aliphatic rings. The van der Waals surface area contributed by atoms with Crippen LogP contribution >= 0.6 is 0 Å². The summed E-state index contributed by atoms with van der Waals surface area (Å²) in [5.41, 5.74) is 0. The molecular weight excluding hydrogens is 300 g/mol. The largest absolute Gasteiger partial charge is 0.489 e. The smallest absolute Gasteiger partial charge is 0.403 e. The van der Waals surface area contributed by atoms with Gasteiger partial charge < -0.3 is 4.74 Å². The van der Waals surface area contributed by atoms with Gasteiger partial charge in [0.05, 0.1) is 0 Å². The third-order valence-corrected chi connectivity index (χ3v) is 3.93. The normalized spacial score (nSPS) is 19.1. The van der Waals surface area contributed by atoms with Gasteiger partial charge in [0.1, 0.15) is 12.6 Å². The van der Waals surface area contributed by atoms with Gasteiger partial charge >= 0.3 is 6.18 Å². The molecule has 0 aliphatic carbocycles. The molecule has 0 radical (unpaired) electrons. The molecule has 0 spiro atoms. The van der Waals surface area contributed by atoms with Crippen molar-refractivity contribution in [2.24, 2.45) is 0 Å². The Labute approximate surface area is 127 Å². The molecule has 2 rings (SSSR count). The zero-order valence-electron chi connectivity index (χ0n) is 12.4. The molecule has 3 nitrogen and oxygen atoms in total. The minimum Gasteiger partial charge on any atom is -0.489 e. The van der Waals surface area contributed by atoms with Gasteiger partial charge in [0.15, 0.2) is 11.6 Å². The van der Waals surface area contributed by atoms with E-state index in [9.17, 15) is 17.6 Å². The lowest BCUT2D eigenvalue weighted by molar-refractivity contribution is -0.182. The van der Waals surface area contributed by atoms with E-state index in [-0.39, 0.29) is 5.75 Å². The molecule has 1 saturated heterocycles. The number of nitrogens with zero attached hydrogens (tertiary/aromatic N) is 2. The second kappa shape index (κ2) is 7.28. The number of ether oxygens (including phenoxy) is 1. The van der Waals surface area contributed by atoms with Gasteiger partial charge in [-0.25, -0.2) is 4.39 Å². The minimum atomic E-state index is -4.18. The Hall–Kier alpha value is -1.34. The van der Waals surface area contributed by atoms with Crippen LogP contribution in [0.15, 0.2) is 24.3 Å². The van der Waals surface area contributed by atoms with Crippen molar-refractivity contribution in [2.45, 2.75) is 19.1 Å². The fourth-order valence-electron chi connectivity index (χ4n) is 2.43. The van der Waals surface area contributed by atoms with Crippen LogP contribution in [0, 0.1) is 5.82 Å². The molecular formula is C15H20F4N2O. The van der Waals surface area contributed by atoms with Crippen LogP contribution in [0.1, 0.15) is 6.92 Å². The first-order valence-electron chi connectivity index (χ1n) is 7.28. The van der Waals surface area contributed by atoms with E-state index in [1.807, 2.05) is 4.90 Å². The highest BCUT2D eigenvalue weighted by molar-refractivity contribution is 5.23. The van der Waals surface area contributed by atoms with Gasteiger partial charge in [-0.1, -0.05) is 12.1 Å². The molecule has 1 fully saturated rings. The Bertz CT molecular complexity index is 473. The standard InChI is InChI=1S/C15H20F4N2O/c1-12(15(17,18)19)21-8-6-20(7-9-21)10-11-22-14-5-3-2-4-13(14)16/h2-5,12H,6-11H2,1H3. The van der Waals surface area contributed by atoms with Gasteiger partial charge in [0.2, 0.25) is 0 Å². The molecule has 0 aromatic heterocycles. The molecule has 7 heteroatoms. The van der Waals surface area contributed by atoms with Gasteiger partial charge in [-0.15, -0.1) is 0 Å². The highest BCUT2D eigenvalue weighted by atomic mass is 19.4. The second-order valence-electron chi connectivity index (χ2n) is 5.37. The topological polar surface area (TPSA) is 15.7 Å². The van der Waals surface area contributed by atoms with Crippen LogP contribution in [0.3, 0.4) is 0 Å². The SMILES string of the molecule is CC(N1CCN(CCOc2ccccc2F)CC1)C(F)(F)F. The molecule has 0 bridgehead atoms. The lowest BCUT2D eigenvalue weighted by Crippen LogP contribution is -2.54. The predicted octanol–water partition coefficient (Wildman–Crippen LogP) is 2.77. The molecule has 1 unspecified atom stereocenters. The van der Waals surface area contributed by atoms with E-state index in [2.05, 4.69) is 0 Å². The zero-order chi connectivity index (χ0) is 16.2. The van der Waals surface area contributed by atoms with Gasteiger partial charge in [0.25, 0.3) is 0 Å². The van der Waals surface area contributed by atoms with E-state index >= 15 is 0 Å². The third-order valence-electron chi connectivity index (χ3n) is 3.93. The average molecular weight is 320 g/mol. The molecule has 22 heavy (non-hydrogen) atoms. The molecule has 1 aromatic carbocycles. The molecule has 1 heterocycles. The number of rotatable bonds is 5. The monoisotopic (exact) mass is 320 g/mol. The minimum absolute atomic E-state index is 0.201. The summed E-state index contributed by atoms with van der Waals surface area (Å²) < 4.78 is 56.7. The van der Waals surface area contributed by atoms with E-state index in [0.29, 0.717) is 39.3 Å². The first-order chi connectivity index (χ1) is 10.4. The van der Waals surface area contributed by atoms with Crippen molar-refractivity contribution >= 4 is 0 Å². The first-order valence-corrected chi connectivity index (χ1v) is 7.28. The molecule has 0 saturated carbocycles. The Morgan fingerprint density at radius 1 is 1.14 bits per heavy atom. The summed E-state index contributed by atoms with van der Waals surface area (Å²) in [7, 11) is 0. The second-order valence-corrected chi connectivity index (χ2v) is 5.37. The fourth-order valence-corrected chi connectivity index (χ4v) is 2.43. The van der Waals surface area contributed by atoms with E-state index < -0.39 is 18.0 Å². The van der Waals surface area contributed by atoms with Crippen molar-refractivity contribution in [2.75, 3.05) is 39.3 Å². The van der Waals surface area contributed by atoms with Crippen LogP contribution in [-0.4, -0.2) is 61.3 Å². The highest BCUT2D eigenvalue weighted by Gasteiger charge is 2.40. The van der Waals surface area contributed by atoms with Gasteiger partial charge in [-0.05, 0) is 19.1 Å². The summed E-state index contributed by atoms with van der Waals surface area (Å²) >= 11 is 0. The van der Waals surface area contributed by atoms with Crippen molar-refractivity contribution < 1.29 is 22.3 Å². The Balaban J connectivity index is 1.71. The molecule has 124 valence electrons. The molecule has 1 aromatic rings. The van der Waals surface area contributed by atoms with E-state index in [1.165, 1.54) is 17.9 Å². The number of alkyl halides is 3. The van der Waals surface area contributed by atoms with Crippen LogP contribution in [0.5, 0.6) is 5.75 Å². The first kappa shape index (κ1) is 17.0. The number of benzene rings is 1. The van der Waals surface area contributed by atoms with E-state index in [0.717, 1.165) is 0 Å². The Morgan fingerprint density at radius 2 is 1.77 bits per heavy atom. The number of hydrogen-bond acceptors (Lipinski definition) is 3. The van der Waals surface area contributed by atoms with Crippen molar-refractivity contribution in [3.8, 4) is 5.75 Å². The molecule has 1 aliphatic heterocycles. The molecule has 0 amide bonds. The summed E-state index contributed by atoms with van der Waals surface area (Å²) in [5.74, 6) is -0.210. The summed E-state index contributed by atoms with van der Waals surface area (Å²) in [6, 6.07) is 4.74. The lowest BCUT2D eigenvalue weighted by atomic mass is 10.2. The van der Waals surface area contributed by atoms with Gasteiger partial charge in [0, 0.05) is 32.7 Å². The Kier molecular flexibility index (Phi) is 5.63. The Morgan fingerprint density at radius 3 is 2.36 bits per heavy atom. The van der Waals surface area contributed by atoms with Crippen LogP contribution < -0.4 is 4.74 Å². The third kappa shape index (κ3) is 4.58. The van der Waals surface area contributed by atoms with Crippen LogP contribution in [0.2, 0.25) is 0 Å². The van der Waals surface area contributed by atoms with Crippen LogP contribution in [-0.2, 0) is 0 Å². The van der Waals surface area contributed by atoms with Gasteiger partial charge in [-0.2, -0.15) is 13.2 Å². The molecule has 0 N–H and O–H groups in total. The number of hydrogen-bond donors (Lipinski definition) is 0. The molecule has 1 atom stereocenters. The summed E-state index contributed by atoms with van der Waals surface area (Å²) in [6.07, 6.45) is -4.18. The average Bonchev–Trinajstić information content (AvgIpc) is 2.48. The van der Waals surface area contributed by atoms with E-state index in [4.69, 9.17) is 4.74 Å². The number of halogens is 4. The summed E-state index contributed by atoms with van der Waals surface area (Å²) in [4.78, 5) is 3.47. The van der Waals surface area contributed by atoms with Crippen LogP contribution in [0.4, 0.5) is 17.6 Å². The maximum atomic E-state index is 13.4. The van der Waals surface area contributed by atoms with Crippen LogP contribution in [0.25, 0.3) is 0 Å². The van der Waals surface area contributed by atoms with Crippen molar-refractivity contribution in [1.29, 1.82) is 0 Å². The fraction of sp³-hybridized carbons (Fsp3) is 0.600. The predicted molar refractivity (Wildman–Crippen MR) is 75.4 cm³/mol. The lowest BCUT2D eigenvalue weighted by Gasteiger charge is -2.38.